The minimum absolute atomic E-state index is 0.201. The molecule has 0 aliphatic carbocycles. The lowest BCUT2D eigenvalue weighted by Crippen LogP contribution is -2.23. The topological polar surface area (TPSA) is 70.1 Å². The van der Waals surface area contributed by atoms with Gasteiger partial charge in [-0.3, -0.25) is 4.79 Å². The summed E-state index contributed by atoms with van der Waals surface area (Å²) in [5.74, 6) is 0.385. The van der Waals surface area contributed by atoms with Gasteiger partial charge in [-0.25, -0.2) is 4.98 Å². The quantitative estimate of drug-likeness (QED) is 0.756. The average Bonchev–Trinajstić information content (AvgIpc) is 2.67. The molecule has 0 aromatic carbocycles. The van der Waals surface area contributed by atoms with Gasteiger partial charge in [0.1, 0.15) is 6.54 Å². The van der Waals surface area contributed by atoms with E-state index in [1.54, 1.807) is 19.4 Å². The van der Waals surface area contributed by atoms with Crippen molar-refractivity contribution in [3.05, 3.63) is 18.2 Å². The molecule has 5 heteroatoms. The molecule has 2 N–H and O–H groups in total. The van der Waals surface area contributed by atoms with Crippen molar-refractivity contribution in [1.82, 2.24) is 9.55 Å². The van der Waals surface area contributed by atoms with E-state index in [4.69, 9.17) is 10.5 Å². The average molecular weight is 239 g/mol. The fourth-order valence-corrected chi connectivity index (χ4v) is 1.85. The largest absolute Gasteiger partial charge is 0.465 e. The number of carbonyl (C=O) groups is 1. The maximum Gasteiger partial charge on any atom is 0.325 e. The number of nitrogens with two attached hydrogens (primary N) is 1. The highest BCUT2D eigenvalue weighted by atomic mass is 16.5. The number of esters is 1. The Balaban J connectivity index is 2.81. The molecule has 0 bridgehead atoms. The van der Waals surface area contributed by atoms with Gasteiger partial charge in [-0.2, -0.15) is 0 Å². The van der Waals surface area contributed by atoms with Gasteiger partial charge in [0.2, 0.25) is 0 Å². The molecule has 1 aromatic rings. The molecule has 1 heterocycles. The smallest absolute Gasteiger partial charge is 0.325 e. The standard InChI is InChI=1S/C12H21N3O2/c1-4-17-12(16)7-15-8-14-6-11(15)10(5-13)9(2)3/h6,8-10H,4-5,7,13H2,1-3H3. The highest BCUT2D eigenvalue weighted by Crippen LogP contribution is 2.22. The number of hydrogen-bond donors (Lipinski definition) is 1. The van der Waals surface area contributed by atoms with Gasteiger partial charge < -0.3 is 15.0 Å². The molecule has 1 atom stereocenters. The molecule has 96 valence electrons. The van der Waals surface area contributed by atoms with Crippen molar-refractivity contribution in [2.45, 2.75) is 33.2 Å². The fraction of sp³-hybridized carbons (Fsp3) is 0.667. The second-order valence-corrected chi connectivity index (χ2v) is 4.34. The molecule has 0 saturated carbocycles. The van der Waals surface area contributed by atoms with Crippen LogP contribution in [0.25, 0.3) is 0 Å². The number of hydrogen-bond acceptors (Lipinski definition) is 4. The zero-order valence-electron chi connectivity index (χ0n) is 10.7. The van der Waals surface area contributed by atoms with Crippen LogP contribution in [-0.2, 0) is 16.1 Å². The number of aromatic nitrogens is 2. The molecule has 0 aliphatic rings. The van der Waals surface area contributed by atoms with Crippen LogP contribution < -0.4 is 5.73 Å². The van der Waals surface area contributed by atoms with Gasteiger partial charge in [0.15, 0.2) is 0 Å². The summed E-state index contributed by atoms with van der Waals surface area (Å²) in [6.45, 7) is 7.16. The summed E-state index contributed by atoms with van der Waals surface area (Å²) in [5, 5.41) is 0. The lowest BCUT2D eigenvalue weighted by atomic mass is 9.93. The van der Waals surface area contributed by atoms with E-state index in [-0.39, 0.29) is 18.4 Å². The summed E-state index contributed by atoms with van der Waals surface area (Å²) < 4.78 is 6.74. The Morgan fingerprint density at radius 2 is 2.29 bits per heavy atom. The first-order valence-corrected chi connectivity index (χ1v) is 5.95. The van der Waals surface area contributed by atoms with Gasteiger partial charge in [0.05, 0.1) is 12.9 Å². The molecule has 1 aromatic heterocycles. The highest BCUT2D eigenvalue weighted by molar-refractivity contribution is 5.69. The van der Waals surface area contributed by atoms with Crippen molar-refractivity contribution in [2.24, 2.45) is 11.7 Å². The normalized spacial score (nSPS) is 12.8. The van der Waals surface area contributed by atoms with E-state index in [1.807, 2.05) is 4.57 Å². The molecule has 17 heavy (non-hydrogen) atoms. The van der Waals surface area contributed by atoms with Crippen LogP contribution in [0.1, 0.15) is 32.4 Å². The van der Waals surface area contributed by atoms with Crippen molar-refractivity contribution >= 4 is 5.97 Å². The zero-order valence-corrected chi connectivity index (χ0v) is 10.7. The summed E-state index contributed by atoms with van der Waals surface area (Å²) in [4.78, 5) is 15.5. The second kappa shape index (κ2) is 6.39. The van der Waals surface area contributed by atoms with Crippen molar-refractivity contribution in [3.8, 4) is 0 Å². The summed E-state index contributed by atoms with van der Waals surface area (Å²) in [5.41, 5.74) is 6.76. The van der Waals surface area contributed by atoms with Crippen molar-refractivity contribution in [1.29, 1.82) is 0 Å². The molecule has 0 aliphatic heterocycles. The van der Waals surface area contributed by atoms with Crippen LogP contribution in [0.15, 0.2) is 12.5 Å². The van der Waals surface area contributed by atoms with Gasteiger partial charge in [-0.1, -0.05) is 13.8 Å². The van der Waals surface area contributed by atoms with Gasteiger partial charge in [-0.05, 0) is 12.8 Å². The molecule has 1 rings (SSSR count). The van der Waals surface area contributed by atoms with E-state index in [1.165, 1.54) is 0 Å². The summed E-state index contributed by atoms with van der Waals surface area (Å²) >= 11 is 0. The molecule has 0 amide bonds. The van der Waals surface area contributed by atoms with Crippen LogP contribution in [0.4, 0.5) is 0 Å². The molecule has 0 radical (unpaired) electrons. The highest BCUT2D eigenvalue weighted by Gasteiger charge is 2.19. The number of ether oxygens (including phenoxy) is 1. The van der Waals surface area contributed by atoms with E-state index in [2.05, 4.69) is 18.8 Å². The predicted molar refractivity (Wildman–Crippen MR) is 65.5 cm³/mol. The molecule has 0 fully saturated rings. The van der Waals surface area contributed by atoms with E-state index in [0.717, 1.165) is 5.69 Å². The van der Waals surface area contributed by atoms with Crippen molar-refractivity contribution in [2.75, 3.05) is 13.2 Å². The number of rotatable bonds is 6. The monoisotopic (exact) mass is 239 g/mol. The van der Waals surface area contributed by atoms with Gasteiger partial charge >= 0.3 is 5.97 Å². The Hall–Kier alpha value is -1.36. The number of imidazole rings is 1. The van der Waals surface area contributed by atoms with Crippen LogP contribution in [0, 0.1) is 5.92 Å². The van der Waals surface area contributed by atoms with E-state index in [0.29, 0.717) is 19.1 Å². The Morgan fingerprint density at radius 1 is 1.59 bits per heavy atom. The van der Waals surface area contributed by atoms with E-state index >= 15 is 0 Å². The summed E-state index contributed by atoms with van der Waals surface area (Å²) in [7, 11) is 0. The van der Waals surface area contributed by atoms with Crippen molar-refractivity contribution < 1.29 is 9.53 Å². The summed E-state index contributed by atoms with van der Waals surface area (Å²) in [6.07, 6.45) is 3.42. The SMILES string of the molecule is CCOC(=O)Cn1cncc1C(CN)C(C)C. The predicted octanol–water partition coefficient (Wildman–Crippen LogP) is 1.14. The first-order chi connectivity index (χ1) is 8.10. The maximum absolute atomic E-state index is 11.4. The number of nitrogens with zero attached hydrogens (tertiary/aromatic N) is 2. The maximum atomic E-state index is 11.4. The molecular weight excluding hydrogens is 218 g/mol. The Labute approximate surface area is 102 Å². The third-order valence-corrected chi connectivity index (χ3v) is 2.79. The van der Waals surface area contributed by atoms with E-state index < -0.39 is 0 Å². The second-order valence-electron chi connectivity index (χ2n) is 4.34. The minimum Gasteiger partial charge on any atom is -0.465 e. The molecule has 5 nitrogen and oxygen atoms in total. The Bertz CT molecular complexity index is 360. The lowest BCUT2D eigenvalue weighted by molar-refractivity contribution is -0.143. The van der Waals surface area contributed by atoms with Crippen LogP contribution >= 0.6 is 0 Å². The molecule has 0 spiro atoms. The van der Waals surface area contributed by atoms with E-state index in [9.17, 15) is 4.79 Å². The van der Waals surface area contributed by atoms with Gasteiger partial charge in [0, 0.05) is 24.4 Å². The summed E-state index contributed by atoms with van der Waals surface area (Å²) in [6, 6.07) is 0. The zero-order chi connectivity index (χ0) is 12.8. The number of carbonyl (C=O) groups excluding carboxylic acids is 1. The molecular formula is C12H21N3O2. The molecule has 0 saturated heterocycles. The molecule has 1 unspecified atom stereocenters. The Kier molecular flexibility index (Phi) is 5.15. The van der Waals surface area contributed by atoms with Crippen molar-refractivity contribution in [3.63, 3.8) is 0 Å². The first kappa shape index (κ1) is 13.7. The first-order valence-electron chi connectivity index (χ1n) is 5.95. The van der Waals surface area contributed by atoms with Gasteiger partial charge in [0.25, 0.3) is 0 Å². The minimum atomic E-state index is -0.244. The van der Waals surface area contributed by atoms with Gasteiger partial charge in [-0.15, -0.1) is 0 Å². The lowest BCUT2D eigenvalue weighted by Gasteiger charge is -2.20. The fourth-order valence-electron chi connectivity index (χ4n) is 1.85. The third-order valence-electron chi connectivity index (χ3n) is 2.79. The van der Waals surface area contributed by atoms with Crippen LogP contribution in [0.3, 0.4) is 0 Å². The third kappa shape index (κ3) is 3.56. The van der Waals surface area contributed by atoms with Crippen LogP contribution in [-0.4, -0.2) is 28.7 Å². The Morgan fingerprint density at radius 3 is 2.82 bits per heavy atom. The van der Waals surface area contributed by atoms with Crippen LogP contribution in [0.2, 0.25) is 0 Å². The van der Waals surface area contributed by atoms with Crippen LogP contribution in [0.5, 0.6) is 0 Å².